The molecule has 3 aromatic rings. The van der Waals surface area contributed by atoms with E-state index in [0.29, 0.717) is 23.0 Å². The van der Waals surface area contributed by atoms with Gasteiger partial charge in [0.15, 0.2) is 0 Å². The molecule has 0 aromatic carbocycles. The van der Waals surface area contributed by atoms with Crippen molar-refractivity contribution in [2.75, 3.05) is 0 Å². The van der Waals surface area contributed by atoms with E-state index in [1.807, 2.05) is 0 Å². The molecule has 3 heterocycles. The Hall–Kier alpha value is -2.68. The zero-order chi connectivity index (χ0) is 17.1. The third-order valence-electron chi connectivity index (χ3n) is 2.85. The van der Waals surface area contributed by atoms with Crippen molar-refractivity contribution in [3.8, 4) is 17.3 Å². The molecule has 0 radical (unpaired) electrons. The average molecular weight is 354 g/mol. The Bertz CT molecular complexity index is 821. The molecule has 0 aliphatic heterocycles. The third-order valence-corrected chi connectivity index (χ3v) is 3.04. The fourth-order valence-electron chi connectivity index (χ4n) is 1.80. The van der Waals surface area contributed by atoms with E-state index in [9.17, 15) is 8.78 Å². The largest absolute Gasteiger partial charge is 0.471 e. The van der Waals surface area contributed by atoms with Gasteiger partial charge in [-0.05, 0) is 19.1 Å². The lowest BCUT2D eigenvalue weighted by Crippen LogP contribution is -2.01. The van der Waals surface area contributed by atoms with Gasteiger partial charge in [-0.1, -0.05) is 11.6 Å². The Morgan fingerprint density at radius 3 is 2.71 bits per heavy atom. The fourth-order valence-corrected chi connectivity index (χ4v) is 2.02. The number of pyridine rings is 1. The summed E-state index contributed by atoms with van der Waals surface area (Å²) in [4.78, 5) is 12.2. The molecule has 0 atom stereocenters. The number of nitrogens with zero attached hydrogens (tertiary/aromatic N) is 5. The fraction of sp³-hybridized carbons (Fsp3) is 0.214. The number of halogens is 3. The van der Waals surface area contributed by atoms with E-state index in [-0.39, 0.29) is 17.7 Å². The van der Waals surface area contributed by atoms with Gasteiger partial charge in [-0.2, -0.15) is 13.8 Å². The SMILES string of the molecule is Cc1nc(Cl)cc(OCc2ccc(-c3nnc(C(F)F)o3)cn2)n1. The van der Waals surface area contributed by atoms with Crippen molar-refractivity contribution in [1.29, 1.82) is 0 Å². The third kappa shape index (κ3) is 3.80. The summed E-state index contributed by atoms with van der Waals surface area (Å²) < 4.78 is 35.2. The molecule has 24 heavy (non-hydrogen) atoms. The maximum absolute atomic E-state index is 12.4. The summed E-state index contributed by atoms with van der Waals surface area (Å²) in [6.45, 7) is 1.85. The first-order chi connectivity index (χ1) is 11.5. The molecule has 0 fully saturated rings. The number of aryl methyl sites for hydroxylation is 1. The molecule has 0 unspecified atom stereocenters. The van der Waals surface area contributed by atoms with Crippen LogP contribution in [0.2, 0.25) is 5.15 Å². The predicted octanol–water partition coefficient (Wildman–Crippen LogP) is 3.40. The molecule has 0 amide bonds. The molecular formula is C14H10ClF2N5O2. The van der Waals surface area contributed by atoms with Crippen molar-refractivity contribution in [2.45, 2.75) is 20.0 Å². The van der Waals surface area contributed by atoms with Crippen LogP contribution in [0.5, 0.6) is 5.88 Å². The monoisotopic (exact) mass is 353 g/mol. The standard InChI is InChI=1S/C14H10ClF2N5O2/c1-7-19-10(15)4-11(20-7)23-6-9-3-2-8(5-18-9)13-21-22-14(24-13)12(16)17/h2-5,12H,6H2,1H3. The molecule has 124 valence electrons. The quantitative estimate of drug-likeness (QED) is 0.649. The zero-order valence-corrected chi connectivity index (χ0v) is 13.0. The highest BCUT2D eigenvalue weighted by Crippen LogP contribution is 2.23. The van der Waals surface area contributed by atoms with E-state index in [4.69, 9.17) is 20.8 Å². The minimum absolute atomic E-state index is 0.0246. The van der Waals surface area contributed by atoms with Crippen LogP contribution in [0.15, 0.2) is 28.8 Å². The van der Waals surface area contributed by atoms with Gasteiger partial charge in [0.1, 0.15) is 17.6 Å². The molecule has 0 saturated heterocycles. The van der Waals surface area contributed by atoms with Gasteiger partial charge in [-0.25, -0.2) is 4.98 Å². The first-order valence-corrected chi connectivity index (χ1v) is 7.10. The van der Waals surface area contributed by atoms with Crippen LogP contribution in [0.1, 0.15) is 23.8 Å². The van der Waals surface area contributed by atoms with Crippen LogP contribution in [-0.4, -0.2) is 25.1 Å². The number of rotatable bonds is 5. The Morgan fingerprint density at radius 2 is 2.08 bits per heavy atom. The van der Waals surface area contributed by atoms with Gasteiger partial charge in [-0.15, -0.1) is 10.2 Å². The Labute approximate surface area is 139 Å². The van der Waals surface area contributed by atoms with E-state index in [1.54, 1.807) is 19.1 Å². The highest BCUT2D eigenvalue weighted by atomic mass is 35.5. The van der Waals surface area contributed by atoms with Crippen LogP contribution in [0.25, 0.3) is 11.5 Å². The van der Waals surface area contributed by atoms with Crippen LogP contribution < -0.4 is 4.74 Å². The summed E-state index contributed by atoms with van der Waals surface area (Å²) in [6.07, 6.45) is -1.38. The van der Waals surface area contributed by atoms with Crippen LogP contribution in [0.3, 0.4) is 0 Å². The number of hydrogen-bond acceptors (Lipinski definition) is 7. The highest BCUT2D eigenvalue weighted by molar-refractivity contribution is 6.29. The topological polar surface area (TPSA) is 86.8 Å². The molecule has 0 aliphatic rings. The average Bonchev–Trinajstić information content (AvgIpc) is 3.03. The van der Waals surface area contributed by atoms with Gasteiger partial charge in [-0.3, -0.25) is 4.98 Å². The zero-order valence-electron chi connectivity index (χ0n) is 12.3. The van der Waals surface area contributed by atoms with Gasteiger partial charge in [0.05, 0.1) is 11.3 Å². The van der Waals surface area contributed by atoms with Crippen LogP contribution in [-0.2, 0) is 6.61 Å². The van der Waals surface area contributed by atoms with Crippen LogP contribution in [0, 0.1) is 6.92 Å². The second-order valence-corrected chi connectivity index (χ2v) is 5.04. The highest BCUT2D eigenvalue weighted by Gasteiger charge is 2.17. The molecule has 0 N–H and O–H groups in total. The first kappa shape index (κ1) is 16.2. The van der Waals surface area contributed by atoms with Gasteiger partial charge in [0.2, 0.25) is 11.8 Å². The van der Waals surface area contributed by atoms with Gasteiger partial charge < -0.3 is 9.15 Å². The van der Waals surface area contributed by atoms with Crippen LogP contribution in [0.4, 0.5) is 8.78 Å². The van der Waals surface area contributed by atoms with E-state index in [1.165, 1.54) is 12.3 Å². The molecule has 7 nitrogen and oxygen atoms in total. The summed E-state index contributed by atoms with van der Waals surface area (Å²) in [5.74, 6) is 0.0702. The number of ether oxygens (including phenoxy) is 1. The molecule has 3 aromatic heterocycles. The lowest BCUT2D eigenvalue weighted by atomic mass is 10.2. The van der Waals surface area contributed by atoms with E-state index < -0.39 is 12.3 Å². The van der Waals surface area contributed by atoms with Crippen molar-refractivity contribution >= 4 is 11.6 Å². The minimum Gasteiger partial charge on any atom is -0.471 e. The van der Waals surface area contributed by atoms with Gasteiger partial charge in [0.25, 0.3) is 5.89 Å². The summed E-state index contributed by atoms with van der Waals surface area (Å²) in [6, 6.07) is 4.76. The predicted molar refractivity (Wildman–Crippen MR) is 78.6 cm³/mol. The van der Waals surface area contributed by atoms with E-state index in [0.717, 1.165) is 0 Å². The summed E-state index contributed by atoms with van der Waals surface area (Å²) in [7, 11) is 0. The Morgan fingerprint density at radius 1 is 1.25 bits per heavy atom. The molecule has 0 saturated carbocycles. The van der Waals surface area contributed by atoms with E-state index >= 15 is 0 Å². The minimum atomic E-state index is -2.81. The molecule has 0 aliphatic carbocycles. The second-order valence-electron chi connectivity index (χ2n) is 4.65. The number of hydrogen-bond donors (Lipinski definition) is 0. The van der Waals surface area contributed by atoms with Crippen molar-refractivity contribution in [3.63, 3.8) is 0 Å². The summed E-state index contributed by atoms with van der Waals surface area (Å²) in [5.41, 5.74) is 1.03. The van der Waals surface area contributed by atoms with Crippen LogP contribution >= 0.6 is 11.6 Å². The lowest BCUT2D eigenvalue weighted by molar-refractivity contribution is 0.116. The van der Waals surface area contributed by atoms with E-state index in [2.05, 4.69) is 25.1 Å². The smallest absolute Gasteiger partial charge is 0.314 e. The number of alkyl halides is 2. The van der Waals surface area contributed by atoms with Gasteiger partial charge in [0, 0.05) is 12.3 Å². The van der Waals surface area contributed by atoms with Crippen molar-refractivity contribution < 1.29 is 17.9 Å². The summed E-state index contributed by atoms with van der Waals surface area (Å²) in [5, 5.41) is 7.10. The van der Waals surface area contributed by atoms with Crippen molar-refractivity contribution in [1.82, 2.24) is 25.1 Å². The lowest BCUT2D eigenvalue weighted by Gasteiger charge is -2.06. The second kappa shape index (κ2) is 6.83. The maximum Gasteiger partial charge on any atom is 0.314 e. The molecular weight excluding hydrogens is 344 g/mol. The molecule has 0 bridgehead atoms. The summed E-state index contributed by atoms with van der Waals surface area (Å²) >= 11 is 5.82. The molecule has 3 rings (SSSR count). The number of aromatic nitrogens is 5. The first-order valence-electron chi connectivity index (χ1n) is 6.72. The molecule has 10 heteroatoms. The molecule has 0 spiro atoms. The maximum atomic E-state index is 12.4. The normalized spacial score (nSPS) is 11.0. The van der Waals surface area contributed by atoms with Gasteiger partial charge >= 0.3 is 6.43 Å². The Kier molecular flexibility index (Phi) is 4.61. The Balaban J connectivity index is 1.67. The van der Waals surface area contributed by atoms with Crippen molar-refractivity contribution in [2.24, 2.45) is 0 Å². The van der Waals surface area contributed by atoms with Crippen molar-refractivity contribution in [3.05, 3.63) is 47.0 Å².